The third-order valence-electron chi connectivity index (χ3n) is 3.11. The molecule has 0 amide bonds. The number of nitrogens with zero attached hydrogens (tertiary/aromatic N) is 1. The van der Waals surface area contributed by atoms with Crippen molar-refractivity contribution < 1.29 is 14.5 Å². The molecule has 0 aliphatic rings. The highest BCUT2D eigenvalue weighted by molar-refractivity contribution is 5.81. The Morgan fingerprint density at radius 2 is 1.90 bits per heavy atom. The molecule has 0 bridgehead atoms. The normalized spacial score (nSPS) is 10.1. The average molecular weight is 271 g/mol. The van der Waals surface area contributed by atoms with E-state index in [1.807, 2.05) is 26.0 Å². The minimum Gasteiger partial charge on any atom is -0.456 e. The quantitative estimate of drug-likeness (QED) is 0.481. The lowest BCUT2D eigenvalue weighted by Crippen LogP contribution is -1.95. The van der Waals surface area contributed by atoms with Gasteiger partial charge in [0.1, 0.15) is 11.5 Å². The van der Waals surface area contributed by atoms with Gasteiger partial charge in [-0.25, -0.2) is 0 Å². The van der Waals surface area contributed by atoms with Crippen LogP contribution in [0.25, 0.3) is 0 Å². The Hall–Kier alpha value is -2.69. The van der Waals surface area contributed by atoms with Gasteiger partial charge in [0.15, 0.2) is 6.29 Å². The minimum atomic E-state index is -0.547. The molecule has 0 aromatic heterocycles. The predicted octanol–water partition coefficient (Wildman–Crippen LogP) is 3.82. The summed E-state index contributed by atoms with van der Waals surface area (Å²) in [5, 5.41) is 10.7. The third-order valence-corrected chi connectivity index (χ3v) is 3.11. The highest BCUT2D eigenvalue weighted by atomic mass is 16.6. The van der Waals surface area contributed by atoms with Gasteiger partial charge in [-0.15, -0.1) is 0 Å². The first-order valence-electron chi connectivity index (χ1n) is 6.00. The largest absolute Gasteiger partial charge is 0.456 e. The van der Waals surface area contributed by atoms with Crippen molar-refractivity contribution in [2.24, 2.45) is 0 Å². The van der Waals surface area contributed by atoms with Crippen LogP contribution in [0.15, 0.2) is 36.4 Å². The van der Waals surface area contributed by atoms with E-state index in [4.69, 9.17) is 4.74 Å². The molecule has 0 fully saturated rings. The second-order valence-electron chi connectivity index (χ2n) is 4.40. The number of hydrogen-bond donors (Lipinski definition) is 0. The molecule has 2 rings (SSSR count). The van der Waals surface area contributed by atoms with Crippen molar-refractivity contribution in [2.75, 3.05) is 0 Å². The molecule has 0 aliphatic carbocycles. The smallest absolute Gasteiger partial charge is 0.270 e. The molecular weight excluding hydrogens is 258 g/mol. The van der Waals surface area contributed by atoms with Gasteiger partial charge < -0.3 is 4.74 Å². The maximum absolute atomic E-state index is 11.0. The molecule has 0 saturated carbocycles. The van der Waals surface area contributed by atoms with Gasteiger partial charge in [0.2, 0.25) is 0 Å². The number of benzene rings is 2. The molecule has 5 nitrogen and oxygen atoms in total. The molecule has 0 spiro atoms. The lowest BCUT2D eigenvalue weighted by Gasteiger charge is -2.11. The number of carbonyl (C=O) groups is 1. The second kappa shape index (κ2) is 5.52. The Morgan fingerprint density at radius 3 is 2.55 bits per heavy atom. The molecule has 0 radical (unpaired) electrons. The van der Waals surface area contributed by atoms with Gasteiger partial charge in [0.25, 0.3) is 5.69 Å². The highest BCUT2D eigenvalue weighted by Gasteiger charge is 2.13. The van der Waals surface area contributed by atoms with Gasteiger partial charge in [0.05, 0.1) is 10.5 Å². The fraction of sp³-hybridized carbons (Fsp3) is 0.133. The first kappa shape index (κ1) is 13.7. The number of nitro groups is 1. The van der Waals surface area contributed by atoms with E-state index in [-0.39, 0.29) is 11.3 Å². The first-order chi connectivity index (χ1) is 9.52. The van der Waals surface area contributed by atoms with Gasteiger partial charge in [-0.1, -0.05) is 12.1 Å². The van der Waals surface area contributed by atoms with Crippen molar-refractivity contribution in [3.05, 3.63) is 63.2 Å². The van der Waals surface area contributed by atoms with Gasteiger partial charge in [0, 0.05) is 12.1 Å². The molecule has 5 heteroatoms. The lowest BCUT2D eigenvalue weighted by atomic mass is 10.1. The van der Waals surface area contributed by atoms with Gasteiger partial charge in [-0.05, 0) is 37.1 Å². The monoisotopic (exact) mass is 271 g/mol. The summed E-state index contributed by atoms with van der Waals surface area (Å²) in [6, 6.07) is 9.55. The Morgan fingerprint density at radius 1 is 1.15 bits per heavy atom. The molecule has 0 N–H and O–H groups in total. The number of nitro benzene ring substituents is 1. The molecule has 102 valence electrons. The van der Waals surface area contributed by atoms with E-state index in [1.165, 1.54) is 18.2 Å². The Balaban J connectivity index is 2.41. The number of rotatable bonds is 4. The summed E-state index contributed by atoms with van der Waals surface area (Å²) < 4.78 is 5.69. The van der Waals surface area contributed by atoms with Crippen LogP contribution in [0.3, 0.4) is 0 Å². The fourth-order valence-electron chi connectivity index (χ4n) is 1.79. The molecule has 2 aromatic rings. The zero-order chi connectivity index (χ0) is 14.7. The topological polar surface area (TPSA) is 69.4 Å². The Labute approximate surface area is 116 Å². The van der Waals surface area contributed by atoms with E-state index in [0.29, 0.717) is 17.8 Å². The summed E-state index contributed by atoms with van der Waals surface area (Å²) in [5.41, 5.74) is 2.04. The van der Waals surface area contributed by atoms with Gasteiger partial charge in [-0.3, -0.25) is 14.9 Å². The SMILES string of the molecule is Cc1cccc(Oc2ccc([N+](=O)[O-])cc2C=O)c1C. The molecular formula is C15H13NO4. The Bertz CT molecular complexity index is 680. The number of non-ortho nitro benzene ring substituents is 1. The standard InChI is InChI=1S/C15H13NO4/c1-10-4-3-5-14(11(10)2)20-15-7-6-13(16(18)19)8-12(15)9-17/h3-9H,1-2H3. The van der Waals surface area contributed by atoms with Crippen LogP contribution in [0.5, 0.6) is 11.5 Å². The van der Waals surface area contributed by atoms with Crippen molar-refractivity contribution in [1.82, 2.24) is 0 Å². The van der Waals surface area contributed by atoms with Crippen molar-refractivity contribution in [3.8, 4) is 11.5 Å². The van der Waals surface area contributed by atoms with Crippen molar-refractivity contribution >= 4 is 12.0 Å². The molecule has 0 unspecified atom stereocenters. The van der Waals surface area contributed by atoms with E-state index in [0.717, 1.165) is 11.1 Å². The van der Waals surface area contributed by atoms with Crippen molar-refractivity contribution in [3.63, 3.8) is 0 Å². The molecule has 0 saturated heterocycles. The van der Waals surface area contributed by atoms with Crippen LogP contribution in [-0.2, 0) is 0 Å². The van der Waals surface area contributed by atoms with Crippen LogP contribution in [0.4, 0.5) is 5.69 Å². The summed E-state index contributed by atoms with van der Waals surface area (Å²) in [6.45, 7) is 3.87. The molecule has 0 atom stereocenters. The summed E-state index contributed by atoms with van der Waals surface area (Å²) in [7, 11) is 0. The van der Waals surface area contributed by atoms with E-state index < -0.39 is 4.92 Å². The zero-order valence-corrected chi connectivity index (χ0v) is 11.1. The number of ether oxygens (including phenoxy) is 1. The minimum absolute atomic E-state index is 0.139. The highest BCUT2D eigenvalue weighted by Crippen LogP contribution is 2.30. The van der Waals surface area contributed by atoms with E-state index in [1.54, 1.807) is 6.07 Å². The van der Waals surface area contributed by atoms with E-state index in [9.17, 15) is 14.9 Å². The van der Waals surface area contributed by atoms with Gasteiger partial charge >= 0.3 is 0 Å². The number of hydrogen-bond acceptors (Lipinski definition) is 4. The summed E-state index contributed by atoms with van der Waals surface area (Å²) in [4.78, 5) is 21.2. The number of aldehydes is 1. The van der Waals surface area contributed by atoms with Gasteiger partial charge in [-0.2, -0.15) is 0 Å². The summed E-state index contributed by atoms with van der Waals surface area (Å²) in [5.74, 6) is 0.932. The second-order valence-corrected chi connectivity index (χ2v) is 4.40. The zero-order valence-electron chi connectivity index (χ0n) is 11.1. The van der Waals surface area contributed by atoms with Crippen LogP contribution < -0.4 is 4.74 Å². The van der Waals surface area contributed by atoms with E-state index >= 15 is 0 Å². The van der Waals surface area contributed by atoms with Crippen molar-refractivity contribution in [2.45, 2.75) is 13.8 Å². The van der Waals surface area contributed by atoms with Crippen LogP contribution >= 0.6 is 0 Å². The number of aryl methyl sites for hydroxylation is 1. The molecule has 20 heavy (non-hydrogen) atoms. The van der Waals surface area contributed by atoms with E-state index in [2.05, 4.69) is 0 Å². The van der Waals surface area contributed by atoms with Crippen molar-refractivity contribution in [1.29, 1.82) is 0 Å². The first-order valence-corrected chi connectivity index (χ1v) is 6.00. The Kier molecular flexibility index (Phi) is 3.79. The summed E-state index contributed by atoms with van der Waals surface area (Å²) >= 11 is 0. The van der Waals surface area contributed by atoms with Crippen LogP contribution in [0.1, 0.15) is 21.5 Å². The maximum atomic E-state index is 11.0. The number of carbonyl (C=O) groups excluding carboxylic acids is 1. The molecule has 2 aromatic carbocycles. The fourth-order valence-corrected chi connectivity index (χ4v) is 1.79. The lowest BCUT2D eigenvalue weighted by molar-refractivity contribution is -0.384. The predicted molar refractivity (Wildman–Crippen MR) is 74.5 cm³/mol. The third kappa shape index (κ3) is 2.66. The molecule has 0 heterocycles. The summed E-state index contributed by atoms with van der Waals surface area (Å²) in [6.07, 6.45) is 0.549. The van der Waals surface area contributed by atoms with Crippen LogP contribution in [-0.4, -0.2) is 11.2 Å². The van der Waals surface area contributed by atoms with Crippen LogP contribution in [0.2, 0.25) is 0 Å². The average Bonchev–Trinajstić information content (AvgIpc) is 2.44. The van der Waals surface area contributed by atoms with Crippen LogP contribution in [0, 0.1) is 24.0 Å². The molecule has 0 aliphatic heterocycles. The maximum Gasteiger partial charge on any atom is 0.270 e.